The lowest BCUT2D eigenvalue weighted by molar-refractivity contribution is -0.0564. The van der Waals surface area contributed by atoms with Crippen LogP contribution < -0.4 is 0 Å². The smallest absolute Gasteiger partial charge is 0.336 e. The summed E-state index contributed by atoms with van der Waals surface area (Å²) in [5.41, 5.74) is 4.93. The van der Waals surface area contributed by atoms with Crippen molar-refractivity contribution >= 4 is 5.97 Å². The van der Waals surface area contributed by atoms with Crippen LogP contribution in [0.4, 0.5) is 0 Å². The van der Waals surface area contributed by atoms with Crippen molar-refractivity contribution in [3.63, 3.8) is 0 Å². The van der Waals surface area contributed by atoms with Crippen molar-refractivity contribution in [2.45, 2.75) is 84.7 Å². The Balaban J connectivity index is 1.31. The molecule has 1 saturated carbocycles. The van der Waals surface area contributed by atoms with E-state index in [2.05, 4.69) is 31.2 Å². The average molecular weight is 478 g/mol. The monoisotopic (exact) mass is 477 g/mol. The Morgan fingerprint density at radius 2 is 1.77 bits per heavy atom. The number of aromatic carboxylic acids is 1. The number of carboxylic acids is 1. The van der Waals surface area contributed by atoms with Crippen LogP contribution in [0.2, 0.25) is 0 Å². The predicted molar refractivity (Wildman–Crippen MR) is 134 cm³/mol. The van der Waals surface area contributed by atoms with E-state index in [4.69, 9.17) is 18.9 Å². The Bertz CT molecular complexity index is 1130. The highest BCUT2D eigenvalue weighted by atomic mass is 16.5. The average Bonchev–Trinajstić information content (AvgIpc) is 3.22. The maximum Gasteiger partial charge on any atom is 0.336 e. The molecule has 6 nitrogen and oxygen atoms in total. The SMILES string of the molecule is CCCc1ccc(-c2nc(CO[C@H]3CCCC(OCc4cccc(C)c4C(=O)O)C3)c(C)o2)cc1. The molecule has 2 atom stereocenters. The van der Waals surface area contributed by atoms with Crippen molar-refractivity contribution in [2.24, 2.45) is 0 Å². The molecule has 35 heavy (non-hydrogen) atoms. The number of hydrogen-bond donors (Lipinski definition) is 1. The van der Waals surface area contributed by atoms with E-state index in [9.17, 15) is 9.90 Å². The summed E-state index contributed by atoms with van der Waals surface area (Å²) in [4.78, 5) is 16.3. The molecule has 186 valence electrons. The number of ether oxygens (including phenoxy) is 2. The van der Waals surface area contributed by atoms with E-state index in [1.807, 2.05) is 32.0 Å². The first-order valence-corrected chi connectivity index (χ1v) is 12.5. The highest BCUT2D eigenvalue weighted by Gasteiger charge is 2.25. The quantitative estimate of drug-likeness (QED) is 0.352. The summed E-state index contributed by atoms with van der Waals surface area (Å²) in [6.07, 6.45) is 6.06. The fourth-order valence-corrected chi connectivity index (χ4v) is 4.75. The van der Waals surface area contributed by atoms with Crippen LogP contribution in [-0.2, 0) is 29.1 Å². The molecule has 4 rings (SSSR count). The largest absolute Gasteiger partial charge is 0.478 e. The molecular weight excluding hydrogens is 442 g/mol. The van der Waals surface area contributed by atoms with Crippen LogP contribution in [0.15, 0.2) is 46.9 Å². The van der Waals surface area contributed by atoms with Gasteiger partial charge in [0, 0.05) is 5.56 Å². The van der Waals surface area contributed by atoms with Gasteiger partial charge >= 0.3 is 5.97 Å². The van der Waals surface area contributed by atoms with Gasteiger partial charge in [0.05, 0.1) is 31.0 Å². The minimum Gasteiger partial charge on any atom is -0.478 e. The van der Waals surface area contributed by atoms with Crippen molar-refractivity contribution < 1.29 is 23.8 Å². The lowest BCUT2D eigenvalue weighted by atomic mass is 9.94. The summed E-state index contributed by atoms with van der Waals surface area (Å²) in [6.45, 7) is 6.62. The molecule has 1 unspecified atom stereocenters. The van der Waals surface area contributed by atoms with Crippen molar-refractivity contribution in [1.82, 2.24) is 4.98 Å². The third-order valence-corrected chi connectivity index (χ3v) is 6.71. The molecule has 0 bridgehead atoms. The lowest BCUT2D eigenvalue weighted by Gasteiger charge is -2.29. The van der Waals surface area contributed by atoms with E-state index in [0.29, 0.717) is 30.2 Å². The van der Waals surface area contributed by atoms with Gasteiger partial charge in [-0.05, 0) is 74.8 Å². The van der Waals surface area contributed by atoms with Gasteiger partial charge < -0.3 is 19.0 Å². The minimum atomic E-state index is -0.911. The molecule has 1 fully saturated rings. The zero-order valence-electron chi connectivity index (χ0n) is 20.9. The summed E-state index contributed by atoms with van der Waals surface area (Å²) in [5, 5.41) is 9.55. The predicted octanol–water partition coefficient (Wildman–Crippen LogP) is 6.65. The van der Waals surface area contributed by atoms with Gasteiger partial charge in [-0.25, -0.2) is 9.78 Å². The van der Waals surface area contributed by atoms with Gasteiger partial charge in [-0.1, -0.05) is 43.7 Å². The molecule has 2 aromatic carbocycles. The Morgan fingerprint density at radius 3 is 2.46 bits per heavy atom. The molecule has 0 saturated heterocycles. The molecule has 0 amide bonds. The fourth-order valence-electron chi connectivity index (χ4n) is 4.75. The van der Waals surface area contributed by atoms with Crippen LogP contribution in [-0.4, -0.2) is 28.3 Å². The van der Waals surface area contributed by atoms with Crippen LogP contribution >= 0.6 is 0 Å². The molecular formula is C29H35NO5. The second-order valence-corrected chi connectivity index (χ2v) is 9.42. The fraction of sp³-hybridized carbons (Fsp3) is 0.448. The third kappa shape index (κ3) is 6.38. The first kappa shape index (κ1) is 25.1. The summed E-state index contributed by atoms with van der Waals surface area (Å²) >= 11 is 0. The topological polar surface area (TPSA) is 81.8 Å². The molecule has 1 aliphatic carbocycles. The number of hydrogen-bond acceptors (Lipinski definition) is 5. The van der Waals surface area contributed by atoms with Crippen molar-refractivity contribution in [1.29, 1.82) is 0 Å². The van der Waals surface area contributed by atoms with Crippen LogP contribution in [0.3, 0.4) is 0 Å². The van der Waals surface area contributed by atoms with Crippen LogP contribution in [0.25, 0.3) is 11.5 Å². The number of oxazole rings is 1. The molecule has 0 spiro atoms. The molecule has 1 N–H and O–H groups in total. The first-order chi connectivity index (χ1) is 16.9. The highest BCUT2D eigenvalue weighted by molar-refractivity contribution is 5.91. The van der Waals surface area contributed by atoms with E-state index in [0.717, 1.165) is 61.1 Å². The van der Waals surface area contributed by atoms with Gasteiger partial charge in [0.15, 0.2) is 0 Å². The zero-order chi connectivity index (χ0) is 24.8. The summed E-state index contributed by atoms with van der Waals surface area (Å²) in [6, 6.07) is 13.9. The van der Waals surface area contributed by atoms with Crippen LogP contribution in [0, 0.1) is 13.8 Å². The normalized spacial score (nSPS) is 18.0. The van der Waals surface area contributed by atoms with Crippen molar-refractivity contribution in [2.75, 3.05) is 0 Å². The maximum absolute atomic E-state index is 11.6. The van der Waals surface area contributed by atoms with Crippen LogP contribution in [0.1, 0.15) is 77.5 Å². The molecule has 6 heteroatoms. The minimum absolute atomic E-state index is 0.0477. The number of carbonyl (C=O) groups is 1. The van der Waals surface area contributed by atoms with Crippen molar-refractivity contribution in [3.05, 3.63) is 76.2 Å². The highest BCUT2D eigenvalue weighted by Crippen LogP contribution is 2.28. The van der Waals surface area contributed by atoms with Gasteiger partial charge in [-0.3, -0.25) is 0 Å². The van der Waals surface area contributed by atoms with E-state index in [-0.39, 0.29) is 12.2 Å². The number of rotatable bonds is 10. The summed E-state index contributed by atoms with van der Waals surface area (Å²) < 4.78 is 18.3. The van der Waals surface area contributed by atoms with Crippen molar-refractivity contribution in [3.8, 4) is 11.5 Å². The first-order valence-electron chi connectivity index (χ1n) is 12.5. The van der Waals surface area contributed by atoms with Gasteiger partial charge in [-0.15, -0.1) is 0 Å². The Hall–Kier alpha value is -2.96. The molecule has 0 radical (unpaired) electrons. The number of aromatic nitrogens is 1. The van der Waals surface area contributed by atoms with E-state index in [1.54, 1.807) is 0 Å². The van der Waals surface area contributed by atoms with E-state index >= 15 is 0 Å². The van der Waals surface area contributed by atoms with Gasteiger partial charge in [0.2, 0.25) is 5.89 Å². The van der Waals surface area contributed by atoms with Gasteiger partial charge in [0.1, 0.15) is 11.5 Å². The number of benzene rings is 2. The Kier molecular flexibility index (Phi) is 8.37. The van der Waals surface area contributed by atoms with E-state index in [1.165, 1.54) is 5.56 Å². The Labute approximate surface area is 207 Å². The number of carboxylic acid groups (broad SMARTS) is 1. The number of aryl methyl sites for hydroxylation is 3. The zero-order valence-corrected chi connectivity index (χ0v) is 20.9. The summed E-state index contributed by atoms with van der Waals surface area (Å²) in [5.74, 6) is 0.495. The number of nitrogens with zero attached hydrogens (tertiary/aromatic N) is 1. The molecule has 1 heterocycles. The molecule has 0 aliphatic heterocycles. The molecule has 1 aromatic heterocycles. The van der Waals surface area contributed by atoms with Gasteiger partial charge in [0.25, 0.3) is 0 Å². The maximum atomic E-state index is 11.6. The second-order valence-electron chi connectivity index (χ2n) is 9.42. The molecule has 3 aromatic rings. The molecule has 1 aliphatic rings. The standard InChI is InChI=1S/C29H35NO5/c1-4-7-21-12-14-22(15-13-21)28-30-26(20(3)35-28)18-34-25-11-6-10-24(16-25)33-17-23-9-5-8-19(2)27(23)29(31)32/h5,8-9,12-15,24-25H,4,6-7,10-11,16-18H2,1-3H3,(H,31,32)/t24?,25-/m0/s1. The Morgan fingerprint density at radius 1 is 1.06 bits per heavy atom. The summed E-state index contributed by atoms with van der Waals surface area (Å²) in [7, 11) is 0. The lowest BCUT2D eigenvalue weighted by Crippen LogP contribution is -2.28. The van der Waals surface area contributed by atoms with E-state index < -0.39 is 5.97 Å². The van der Waals surface area contributed by atoms with Gasteiger partial charge in [-0.2, -0.15) is 0 Å². The van der Waals surface area contributed by atoms with Crippen LogP contribution in [0.5, 0.6) is 0 Å². The third-order valence-electron chi connectivity index (χ3n) is 6.71. The second kappa shape index (κ2) is 11.6.